The van der Waals surface area contributed by atoms with Gasteiger partial charge in [0.15, 0.2) is 0 Å². The van der Waals surface area contributed by atoms with Crippen molar-refractivity contribution in [3.63, 3.8) is 0 Å². The van der Waals surface area contributed by atoms with Crippen LogP contribution in [-0.4, -0.2) is 29.3 Å². The van der Waals surface area contributed by atoms with Crippen molar-refractivity contribution in [2.75, 3.05) is 11.4 Å². The van der Waals surface area contributed by atoms with Crippen LogP contribution < -0.4 is 4.90 Å². The van der Waals surface area contributed by atoms with Gasteiger partial charge in [0.25, 0.3) is 0 Å². The monoisotopic (exact) mass is 319 g/mol. The normalized spacial score (nSPS) is 21.3. The van der Waals surface area contributed by atoms with E-state index < -0.39 is 23.1 Å². The SMILES string of the molecule is CCC1(C(=O)O)CCN(C(=O)OC(C)(C)C)c2ccccc2C1. The molecule has 1 atom stereocenters. The Balaban J connectivity index is 2.41. The molecule has 0 fully saturated rings. The molecule has 1 heterocycles. The van der Waals surface area contributed by atoms with Gasteiger partial charge in [-0.2, -0.15) is 0 Å². The lowest BCUT2D eigenvalue weighted by molar-refractivity contribution is -0.149. The number of carboxylic acids is 1. The zero-order chi connectivity index (χ0) is 17.3. The minimum atomic E-state index is -0.840. The number of carboxylic acid groups (broad SMARTS) is 1. The number of hydrogen-bond acceptors (Lipinski definition) is 3. The average molecular weight is 319 g/mol. The zero-order valence-corrected chi connectivity index (χ0v) is 14.3. The highest BCUT2D eigenvalue weighted by molar-refractivity contribution is 5.90. The highest BCUT2D eigenvalue weighted by atomic mass is 16.6. The van der Waals surface area contributed by atoms with Crippen molar-refractivity contribution < 1.29 is 19.4 Å². The minimum absolute atomic E-state index is 0.339. The summed E-state index contributed by atoms with van der Waals surface area (Å²) in [5.74, 6) is -0.805. The number of aliphatic carboxylic acids is 1. The van der Waals surface area contributed by atoms with Crippen molar-refractivity contribution in [1.29, 1.82) is 0 Å². The summed E-state index contributed by atoms with van der Waals surface area (Å²) >= 11 is 0. The maximum Gasteiger partial charge on any atom is 0.414 e. The molecule has 1 aromatic carbocycles. The molecule has 1 aliphatic rings. The van der Waals surface area contributed by atoms with E-state index in [-0.39, 0.29) is 0 Å². The molecule has 1 unspecified atom stereocenters. The predicted molar refractivity (Wildman–Crippen MR) is 88.7 cm³/mol. The van der Waals surface area contributed by atoms with E-state index in [1.54, 1.807) is 4.90 Å². The molecule has 1 amide bonds. The molecule has 1 N–H and O–H groups in total. The molecular formula is C18H25NO4. The summed E-state index contributed by atoms with van der Waals surface area (Å²) in [5.41, 5.74) is 0.193. The standard InChI is InChI=1S/C18H25NO4/c1-5-18(15(20)21)10-11-19(16(22)23-17(2,3)4)14-9-7-6-8-13(14)12-18/h6-9H,5,10-12H2,1-4H3,(H,20,21). The molecular weight excluding hydrogens is 294 g/mol. The zero-order valence-electron chi connectivity index (χ0n) is 14.3. The van der Waals surface area contributed by atoms with Gasteiger partial charge in [-0.3, -0.25) is 9.69 Å². The lowest BCUT2D eigenvalue weighted by Gasteiger charge is -2.28. The third-order valence-corrected chi connectivity index (χ3v) is 4.37. The van der Waals surface area contributed by atoms with Gasteiger partial charge in [0.2, 0.25) is 0 Å². The smallest absolute Gasteiger partial charge is 0.414 e. The second-order valence-corrected chi connectivity index (χ2v) is 7.13. The second kappa shape index (κ2) is 6.22. The molecule has 2 rings (SSSR count). The molecule has 5 nitrogen and oxygen atoms in total. The van der Waals surface area contributed by atoms with Gasteiger partial charge in [0, 0.05) is 6.54 Å². The van der Waals surface area contributed by atoms with Crippen molar-refractivity contribution >= 4 is 17.7 Å². The molecule has 1 aromatic rings. The number of rotatable bonds is 2. The fourth-order valence-corrected chi connectivity index (χ4v) is 2.97. The van der Waals surface area contributed by atoms with Crippen LogP contribution >= 0.6 is 0 Å². The third kappa shape index (κ3) is 3.66. The number of carbonyl (C=O) groups is 2. The minimum Gasteiger partial charge on any atom is -0.481 e. The Kier molecular flexibility index (Phi) is 4.68. The van der Waals surface area contributed by atoms with Crippen LogP contribution in [-0.2, 0) is 16.0 Å². The van der Waals surface area contributed by atoms with Gasteiger partial charge in [-0.15, -0.1) is 0 Å². The Bertz CT molecular complexity index is 605. The van der Waals surface area contributed by atoms with Crippen LogP contribution in [0.25, 0.3) is 0 Å². The fraction of sp³-hybridized carbons (Fsp3) is 0.556. The number of benzene rings is 1. The van der Waals surface area contributed by atoms with Crippen LogP contribution in [0.3, 0.4) is 0 Å². The Morgan fingerprint density at radius 2 is 1.96 bits per heavy atom. The van der Waals surface area contributed by atoms with E-state index in [1.807, 2.05) is 52.0 Å². The first-order valence-electron chi connectivity index (χ1n) is 8.00. The van der Waals surface area contributed by atoms with Gasteiger partial charge in [-0.05, 0) is 51.7 Å². The fourth-order valence-electron chi connectivity index (χ4n) is 2.97. The molecule has 0 spiro atoms. The molecule has 5 heteroatoms. The summed E-state index contributed by atoms with van der Waals surface area (Å²) in [6.07, 6.45) is 0.933. The Labute approximate surface area is 137 Å². The maximum absolute atomic E-state index is 12.6. The number of nitrogens with zero attached hydrogens (tertiary/aromatic N) is 1. The average Bonchev–Trinajstić information content (AvgIpc) is 2.62. The molecule has 0 radical (unpaired) electrons. The van der Waals surface area contributed by atoms with Gasteiger partial charge < -0.3 is 9.84 Å². The first-order chi connectivity index (χ1) is 10.7. The van der Waals surface area contributed by atoms with Gasteiger partial charge in [0.1, 0.15) is 5.60 Å². The van der Waals surface area contributed by atoms with Crippen molar-refractivity contribution in [3.05, 3.63) is 29.8 Å². The topological polar surface area (TPSA) is 66.8 Å². The Morgan fingerprint density at radius 3 is 2.52 bits per heavy atom. The van der Waals surface area contributed by atoms with E-state index in [0.717, 1.165) is 11.3 Å². The molecule has 0 saturated carbocycles. The highest BCUT2D eigenvalue weighted by Crippen LogP contribution is 2.39. The van der Waals surface area contributed by atoms with Crippen molar-refractivity contribution in [2.24, 2.45) is 5.41 Å². The molecule has 0 bridgehead atoms. The summed E-state index contributed by atoms with van der Waals surface area (Å²) in [7, 11) is 0. The van der Waals surface area contributed by atoms with Crippen molar-refractivity contribution in [3.8, 4) is 0 Å². The van der Waals surface area contributed by atoms with Gasteiger partial charge in [0.05, 0.1) is 11.1 Å². The van der Waals surface area contributed by atoms with Crippen LogP contribution in [0.5, 0.6) is 0 Å². The number of fused-ring (bicyclic) bond motifs is 1. The predicted octanol–water partition coefficient (Wildman–Crippen LogP) is 3.86. The summed E-state index contributed by atoms with van der Waals surface area (Å²) < 4.78 is 5.49. The lowest BCUT2D eigenvalue weighted by Crippen LogP contribution is -2.39. The number of ether oxygens (including phenoxy) is 1. The summed E-state index contributed by atoms with van der Waals surface area (Å²) in [6, 6.07) is 7.48. The molecule has 126 valence electrons. The maximum atomic E-state index is 12.6. The summed E-state index contributed by atoms with van der Waals surface area (Å²) in [6.45, 7) is 7.69. The number of anilines is 1. The van der Waals surface area contributed by atoms with E-state index in [1.165, 1.54) is 0 Å². The molecule has 0 aliphatic carbocycles. The molecule has 0 saturated heterocycles. The van der Waals surface area contributed by atoms with E-state index >= 15 is 0 Å². The first kappa shape index (κ1) is 17.3. The van der Waals surface area contributed by atoms with Crippen molar-refractivity contribution in [2.45, 2.75) is 52.6 Å². The van der Waals surface area contributed by atoms with E-state index in [0.29, 0.717) is 25.8 Å². The summed E-state index contributed by atoms with van der Waals surface area (Å²) in [5, 5.41) is 9.72. The van der Waals surface area contributed by atoms with Gasteiger partial charge in [-0.25, -0.2) is 4.79 Å². The lowest BCUT2D eigenvalue weighted by atomic mass is 9.77. The highest BCUT2D eigenvalue weighted by Gasteiger charge is 2.41. The van der Waals surface area contributed by atoms with Crippen LogP contribution in [0, 0.1) is 5.41 Å². The van der Waals surface area contributed by atoms with Gasteiger partial charge in [-0.1, -0.05) is 25.1 Å². The molecule has 1 aliphatic heterocycles. The Hall–Kier alpha value is -2.04. The van der Waals surface area contributed by atoms with Crippen LogP contribution in [0.15, 0.2) is 24.3 Å². The number of para-hydroxylation sites is 1. The summed E-state index contributed by atoms with van der Waals surface area (Å²) in [4.78, 5) is 26.0. The second-order valence-electron chi connectivity index (χ2n) is 7.13. The van der Waals surface area contributed by atoms with E-state index in [9.17, 15) is 14.7 Å². The van der Waals surface area contributed by atoms with E-state index in [2.05, 4.69) is 0 Å². The number of carbonyl (C=O) groups excluding carboxylic acids is 1. The quantitative estimate of drug-likeness (QED) is 0.899. The van der Waals surface area contributed by atoms with Gasteiger partial charge >= 0.3 is 12.1 Å². The van der Waals surface area contributed by atoms with Crippen molar-refractivity contribution in [1.82, 2.24) is 0 Å². The van der Waals surface area contributed by atoms with E-state index in [4.69, 9.17) is 4.74 Å². The third-order valence-electron chi connectivity index (χ3n) is 4.37. The number of hydrogen-bond donors (Lipinski definition) is 1. The van der Waals surface area contributed by atoms with Crippen LogP contribution in [0.2, 0.25) is 0 Å². The largest absolute Gasteiger partial charge is 0.481 e. The first-order valence-corrected chi connectivity index (χ1v) is 8.00. The van der Waals surface area contributed by atoms with Crippen LogP contribution in [0.4, 0.5) is 10.5 Å². The Morgan fingerprint density at radius 1 is 1.30 bits per heavy atom. The number of amides is 1. The molecule has 23 heavy (non-hydrogen) atoms. The van der Waals surface area contributed by atoms with Crippen LogP contribution in [0.1, 0.15) is 46.1 Å². The molecule has 0 aromatic heterocycles.